The number of amides is 1. The average molecular weight is 355 g/mol. The fraction of sp³-hybridized carbons (Fsp3) is 0.611. The second-order valence-electron chi connectivity index (χ2n) is 6.85. The van der Waals surface area contributed by atoms with Gasteiger partial charge < -0.3 is 14.5 Å². The third kappa shape index (κ3) is 4.08. The summed E-state index contributed by atoms with van der Waals surface area (Å²) in [4.78, 5) is 17.3. The van der Waals surface area contributed by atoms with Crippen molar-refractivity contribution >= 4 is 17.5 Å². The van der Waals surface area contributed by atoms with Crippen LogP contribution in [-0.2, 0) is 4.74 Å². The van der Waals surface area contributed by atoms with Crippen LogP contribution in [0, 0.1) is 11.7 Å². The van der Waals surface area contributed by atoms with E-state index in [4.69, 9.17) is 16.3 Å². The number of hydrogen-bond acceptors (Lipinski definition) is 3. The molecule has 24 heavy (non-hydrogen) atoms. The standard InChI is InChI=1S/C18H24ClFN2O2/c1-21-7-4-15(5-8-21)22(11-13-6-9-24-12-13)18(23)16-10-14(20)2-3-17(16)19/h2-3,10,13,15H,4-9,11-12H2,1H3/t13-/m0/s1. The summed E-state index contributed by atoms with van der Waals surface area (Å²) >= 11 is 6.17. The second kappa shape index (κ2) is 7.81. The van der Waals surface area contributed by atoms with Gasteiger partial charge in [0.1, 0.15) is 5.82 Å². The molecule has 0 aliphatic carbocycles. The molecule has 1 atom stereocenters. The van der Waals surface area contributed by atoms with Crippen molar-refractivity contribution in [1.29, 1.82) is 0 Å². The van der Waals surface area contributed by atoms with Crippen LogP contribution < -0.4 is 0 Å². The van der Waals surface area contributed by atoms with Crippen molar-refractivity contribution in [1.82, 2.24) is 9.80 Å². The molecule has 3 rings (SSSR count). The molecule has 4 nitrogen and oxygen atoms in total. The normalized spacial score (nSPS) is 22.7. The number of rotatable bonds is 4. The van der Waals surface area contributed by atoms with Crippen molar-refractivity contribution in [2.75, 3.05) is 39.9 Å². The molecule has 132 valence electrons. The highest BCUT2D eigenvalue weighted by Gasteiger charge is 2.31. The zero-order valence-electron chi connectivity index (χ0n) is 14.0. The van der Waals surface area contributed by atoms with Gasteiger partial charge in [0.2, 0.25) is 0 Å². The Bertz CT molecular complexity index is 584. The van der Waals surface area contributed by atoms with E-state index in [1.165, 1.54) is 18.2 Å². The fourth-order valence-electron chi connectivity index (χ4n) is 3.53. The third-order valence-electron chi connectivity index (χ3n) is 5.03. The highest BCUT2D eigenvalue weighted by molar-refractivity contribution is 6.33. The summed E-state index contributed by atoms with van der Waals surface area (Å²) in [5.74, 6) is -0.253. The molecular weight excluding hydrogens is 331 g/mol. The average Bonchev–Trinajstić information content (AvgIpc) is 3.08. The number of benzene rings is 1. The molecular formula is C18H24ClFN2O2. The Labute approximate surface area is 147 Å². The van der Waals surface area contributed by atoms with Crippen LogP contribution in [0.5, 0.6) is 0 Å². The first-order valence-corrected chi connectivity index (χ1v) is 8.94. The molecule has 0 aromatic heterocycles. The van der Waals surface area contributed by atoms with Gasteiger partial charge in [-0.2, -0.15) is 0 Å². The molecule has 1 aromatic rings. The van der Waals surface area contributed by atoms with Crippen LogP contribution in [-0.4, -0.2) is 61.6 Å². The van der Waals surface area contributed by atoms with Gasteiger partial charge in [-0.15, -0.1) is 0 Å². The van der Waals surface area contributed by atoms with E-state index in [9.17, 15) is 9.18 Å². The molecule has 0 unspecified atom stereocenters. The van der Waals surface area contributed by atoms with Crippen molar-refractivity contribution in [3.8, 4) is 0 Å². The van der Waals surface area contributed by atoms with Crippen molar-refractivity contribution in [2.24, 2.45) is 5.92 Å². The Hall–Kier alpha value is -1.17. The van der Waals surface area contributed by atoms with Crippen molar-refractivity contribution in [2.45, 2.75) is 25.3 Å². The summed E-state index contributed by atoms with van der Waals surface area (Å²) in [6.45, 7) is 4.02. The Morgan fingerprint density at radius 2 is 2.12 bits per heavy atom. The maximum Gasteiger partial charge on any atom is 0.255 e. The van der Waals surface area contributed by atoms with Gasteiger partial charge in [0.25, 0.3) is 5.91 Å². The first-order chi connectivity index (χ1) is 11.5. The van der Waals surface area contributed by atoms with Crippen molar-refractivity contribution in [3.05, 3.63) is 34.6 Å². The van der Waals surface area contributed by atoms with Crippen LogP contribution >= 0.6 is 11.6 Å². The summed E-state index contributed by atoms with van der Waals surface area (Å²) in [6, 6.07) is 4.16. The number of carbonyl (C=O) groups excluding carboxylic acids is 1. The largest absolute Gasteiger partial charge is 0.381 e. The van der Waals surface area contributed by atoms with E-state index < -0.39 is 5.82 Å². The Kier molecular flexibility index (Phi) is 5.74. The van der Waals surface area contributed by atoms with E-state index in [1.54, 1.807) is 0 Å². The minimum absolute atomic E-state index is 0.166. The van der Waals surface area contributed by atoms with E-state index in [0.29, 0.717) is 24.1 Å². The third-order valence-corrected chi connectivity index (χ3v) is 5.36. The lowest BCUT2D eigenvalue weighted by atomic mass is 9.99. The van der Waals surface area contributed by atoms with Gasteiger partial charge in [-0.05, 0) is 57.6 Å². The summed E-state index contributed by atoms with van der Waals surface area (Å²) < 4.78 is 19.1. The van der Waals surface area contributed by atoms with Crippen LogP contribution in [0.2, 0.25) is 5.02 Å². The van der Waals surface area contributed by atoms with Gasteiger partial charge in [0.05, 0.1) is 17.2 Å². The van der Waals surface area contributed by atoms with Crippen molar-refractivity contribution in [3.63, 3.8) is 0 Å². The van der Waals surface area contributed by atoms with Crippen LogP contribution in [0.1, 0.15) is 29.6 Å². The van der Waals surface area contributed by atoms with Crippen LogP contribution in [0.25, 0.3) is 0 Å². The van der Waals surface area contributed by atoms with Crippen LogP contribution in [0.4, 0.5) is 4.39 Å². The molecule has 0 spiro atoms. The first kappa shape index (κ1) is 17.6. The monoisotopic (exact) mass is 354 g/mol. The number of hydrogen-bond donors (Lipinski definition) is 0. The molecule has 2 fully saturated rings. The number of carbonyl (C=O) groups is 1. The number of likely N-dealkylation sites (tertiary alicyclic amines) is 1. The van der Waals surface area contributed by atoms with Gasteiger partial charge in [-0.3, -0.25) is 4.79 Å². The lowest BCUT2D eigenvalue weighted by molar-refractivity contribution is 0.0536. The first-order valence-electron chi connectivity index (χ1n) is 8.57. The smallest absolute Gasteiger partial charge is 0.255 e. The van der Waals surface area contributed by atoms with E-state index in [-0.39, 0.29) is 17.5 Å². The molecule has 0 bridgehead atoms. The minimum Gasteiger partial charge on any atom is -0.381 e. The van der Waals surface area contributed by atoms with E-state index in [0.717, 1.165) is 39.0 Å². The molecule has 1 amide bonds. The molecule has 0 saturated carbocycles. The van der Waals surface area contributed by atoms with Gasteiger partial charge >= 0.3 is 0 Å². The van der Waals surface area contributed by atoms with E-state index in [1.807, 2.05) is 4.90 Å². The highest BCUT2D eigenvalue weighted by Crippen LogP contribution is 2.26. The molecule has 2 heterocycles. The summed E-state index contributed by atoms with van der Waals surface area (Å²) in [6.07, 6.45) is 2.83. The molecule has 1 aromatic carbocycles. The SMILES string of the molecule is CN1CCC(N(C[C@@H]2CCOC2)C(=O)c2cc(F)ccc2Cl)CC1. The van der Waals surface area contributed by atoms with Crippen LogP contribution in [0.3, 0.4) is 0 Å². The maximum atomic E-state index is 13.6. The predicted molar refractivity (Wildman–Crippen MR) is 91.9 cm³/mol. The molecule has 6 heteroatoms. The van der Waals surface area contributed by atoms with E-state index in [2.05, 4.69) is 11.9 Å². The van der Waals surface area contributed by atoms with Crippen LogP contribution in [0.15, 0.2) is 18.2 Å². The lowest BCUT2D eigenvalue weighted by Crippen LogP contribution is -2.48. The Morgan fingerprint density at radius 1 is 1.38 bits per heavy atom. The van der Waals surface area contributed by atoms with Gasteiger partial charge in [-0.1, -0.05) is 11.6 Å². The van der Waals surface area contributed by atoms with E-state index >= 15 is 0 Å². The molecule has 0 radical (unpaired) electrons. The maximum absolute atomic E-state index is 13.6. The predicted octanol–water partition coefficient (Wildman–Crippen LogP) is 3.05. The number of halogens is 2. The molecule has 0 N–H and O–H groups in total. The summed E-state index contributed by atoms with van der Waals surface area (Å²) in [7, 11) is 2.09. The number of piperidine rings is 1. The Balaban J connectivity index is 1.82. The minimum atomic E-state index is -0.435. The zero-order chi connectivity index (χ0) is 17.1. The summed E-state index contributed by atoms with van der Waals surface area (Å²) in [5.41, 5.74) is 0.259. The quantitative estimate of drug-likeness (QED) is 0.833. The van der Waals surface area contributed by atoms with Gasteiger partial charge in [0, 0.05) is 25.1 Å². The molecule has 2 saturated heterocycles. The lowest BCUT2D eigenvalue weighted by Gasteiger charge is -2.38. The second-order valence-corrected chi connectivity index (χ2v) is 7.25. The van der Waals surface area contributed by atoms with Gasteiger partial charge in [0.15, 0.2) is 0 Å². The topological polar surface area (TPSA) is 32.8 Å². The highest BCUT2D eigenvalue weighted by atomic mass is 35.5. The zero-order valence-corrected chi connectivity index (χ0v) is 14.8. The fourth-order valence-corrected chi connectivity index (χ4v) is 3.72. The number of nitrogens with zero attached hydrogens (tertiary/aromatic N) is 2. The Morgan fingerprint density at radius 3 is 2.79 bits per heavy atom. The van der Waals surface area contributed by atoms with Crippen molar-refractivity contribution < 1.29 is 13.9 Å². The summed E-state index contributed by atoms with van der Waals surface area (Å²) in [5, 5.41) is 0.307. The molecule has 2 aliphatic rings. The molecule has 2 aliphatic heterocycles. The number of ether oxygens (including phenoxy) is 1. The van der Waals surface area contributed by atoms with Gasteiger partial charge in [-0.25, -0.2) is 4.39 Å².